The molecule has 0 aromatic heterocycles. The van der Waals surface area contributed by atoms with Crippen LogP contribution in [0.4, 0.5) is 0 Å². The van der Waals surface area contributed by atoms with Gasteiger partial charge in [0.2, 0.25) is 0 Å². The molecule has 0 aliphatic carbocycles. The van der Waals surface area contributed by atoms with Gasteiger partial charge in [-0.15, -0.1) is 0 Å². The molecule has 0 aliphatic heterocycles. The normalized spacial score (nSPS) is 14.0. The third kappa shape index (κ3) is 2.13. The first-order chi connectivity index (χ1) is 3.81. The van der Waals surface area contributed by atoms with Gasteiger partial charge < -0.3 is 0 Å². The Balaban J connectivity index is 4.14. The first kappa shape index (κ1) is 9.22. The molecule has 0 bridgehead atoms. The Morgan fingerprint density at radius 2 is 1.44 bits per heavy atom. The van der Waals surface area contributed by atoms with Crippen LogP contribution in [0.5, 0.6) is 0 Å². The van der Waals surface area contributed by atoms with E-state index in [4.69, 9.17) is 0 Å². The summed E-state index contributed by atoms with van der Waals surface area (Å²) in [7, 11) is -0.879. The van der Waals surface area contributed by atoms with Crippen molar-refractivity contribution >= 4 is 8.07 Å². The molecule has 0 aromatic rings. The average molecular weight is 144 g/mol. The first-order valence-electron chi connectivity index (χ1n) is 3.81. The lowest BCUT2D eigenvalue weighted by Gasteiger charge is -2.35. The van der Waals surface area contributed by atoms with Crippen LogP contribution in [0.1, 0.15) is 27.7 Å². The molecule has 0 atom stereocenters. The van der Waals surface area contributed by atoms with Crippen molar-refractivity contribution in [2.75, 3.05) is 0 Å². The van der Waals surface area contributed by atoms with Crippen LogP contribution in [0.2, 0.25) is 24.2 Å². The second-order valence-electron chi connectivity index (χ2n) is 4.49. The van der Waals surface area contributed by atoms with E-state index in [1.54, 1.807) is 0 Å². The summed E-state index contributed by atoms with van der Waals surface area (Å²) >= 11 is 0. The lowest BCUT2D eigenvalue weighted by molar-refractivity contribution is 0.716. The van der Waals surface area contributed by atoms with Gasteiger partial charge in [0.05, 0.1) is 8.07 Å². The van der Waals surface area contributed by atoms with Gasteiger partial charge in [-0.2, -0.15) is 0 Å². The summed E-state index contributed by atoms with van der Waals surface area (Å²) in [4.78, 5) is 0. The highest BCUT2D eigenvalue weighted by molar-refractivity contribution is 6.80. The molecule has 1 heteroatoms. The van der Waals surface area contributed by atoms with Gasteiger partial charge in [0.25, 0.3) is 0 Å². The number of hydrogen-bond donors (Lipinski definition) is 0. The lowest BCUT2D eigenvalue weighted by atomic mass is 10.2. The van der Waals surface area contributed by atoms with E-state index in [-0.39, 0.29) is 0 Å². The average Bonchev–Trinajstić information content (AvgIpc) is 1.64. The predicted octanol–water partition coefficient (Wildman–Crippen LogP) is 3.51. The van der Waals surface area contributed by atoms with Gasteiger partial charge in [-0.3, -0.25) is 0 Å². The van der Waals surface area contributed by atoms with Crippen molar-refractivity contribution < 1.29 is 0 Å². The van der Waals surface area contributed by atoms with E-state index in [2.05, 4.69) is 40.8 Å². The smallest absolute Gasteiger partial charge is 0.0525 e. The molecule has 0 aliphatic rings. The Kier molecular flexibility index (Phi) is 2.51. The van der Waals surface area contributed by atoms with E-state index >= 15 is 0 Å². The van der Waals surface area contributed by atoms with Gasteiger partial charge >= 0.3 is 0 Å². The van der Waals surface area contributed by atoms with Crippen LogP contribution in [0, 0.1) is 0 Å². The van der Waals surface area contributed by atoms with Crippen LogP contribution in [0.15, 0.2) is 0 Å². The standard InChI is InChI=1S/C8H20Si/c1-7-9(5,6)8(2,3)4/h7H2,1-6H3. The fraction of sp³-hybridized carbons (Fsp3) is 1.00. The summed E-state index contributed by atoms with van der Waals surface area (Å²) < 4.78 is 0. The van der Waals surface area contributed by atoms with Crippen LogP contribution in [0.3, 0.4) is 0 Å². The minimum Gasteiger partial charge on any atom is -0.0690 e. The zero-order valence-corrected chi connectivity index (χ0v) is 8.71. The van der Waals surface area contributed by atoms with Gasteiger partial charge in [-0.25, -0.2) is 0 Å². The molecule has 56 valence electrons. The molecule has 0 spiro atoms. The van der Waals surface area contributed by atoms with Gasteiger partial charge in [0.15, 0.2) is 0 Å². The zero-order valence-electron chi connectivity index (χ0n) is 7.71. The molecular weight excluding hydrogens is 124 g/mol. The quantitative estimate of drug-likeness (QED) is 0.494. The zero-order chi connectivity index (χ0) is 7.71. The summed E-state index contributed by atoms with van der Waals surface area (Å²) in [5.74, 6) is 0. The van der Waals surface area contributed by atoms with Crippen LogP contribution < -0.4 is 0 Å². The second kappa shape index (κ2) is 2.45. The largest absolute Gasteiger partial charge is 0.0690 e. The Morgan fingerprint density at radius 3 is 1.44 bits per heavy atom. The third-order valence-corrected chi connectivity index (χ3v) is 8.74. The van der Waals surface area contributed by atoms with Crippen molar-refractivity contribution in [1.29, 1.82) is 0 Å². The molecule has 0 rings (SSSR count). The van der Waals surface area contributed by atoms with E-state index in [1.165, 1.54) is 6.04 Å². The summed E-state index contributed by atoms with van der Waals surface area (Å²) in [5, 5.41) is 0.585. The maximum absolute atomic E-state index is 2.47. The Hall–Kier alpha value is 0.217. The molecule has 0 saturated carbocycles. The summed E-state index contributed by atoms with van der Waals surface area (Å²) in [6, 6.07) is 1.40. The highest BCUT2D eigenvalue weighted by Gasteiger charge is 2.32. The second-order valence-corrected chi connectivity index (χ2v) is 10.5. The maximum Gasteiger partial charge on any atom is 0.0525 e. The highest BCUT2D eigenvalue weighted by Crippen LogP contribution is 2.37. The minimum absolute atomic E-state index is 0.585. The topological polar surface area (TPSA) is 0 Å². The van der Waals surface area contributed by atoms with E-state index in [0.29, 0.717) is 5.04 Å². The minimum atomic E-state index is -0.879. The third-order valence-electron chi connectivity index (χ3n) is 2.91. The number of hydrogen-bond acceptors (Lipinski definition) is 0. The summed E-state index contributed by atoms with van der Waals surface area (Å²) in [6.45, 7) is 14.3. The molecule has 0 unspecified atom stereocenters. The molecule has 0 N–H and O–H groups in total. The molecule has 0 heterocycles. The Morgan fingerprint density at radius 1 is 1.11 bits per heavy atom. The molecule has 0 aromatic carbocycles. The van der Waals surface area contributed by atoms with Crippen molar-refractivity contribution in [2.45, 2.75) is 51.9 Å². The van der Waals surface area contributed by atoms with E-state index in [9.17, 15) is 0 Å². The van der Waals surface area contributed by atoms with Gasteiger partial charge in [0.1, 0.15) is 0 Å². The highest BCUT2D eigenvalue weighted by atomic mass is 28.3. The molecule has 0 fully saturated rings. The summed E-state index contributed by atoms with van der Waals surface area (Å²) in [5.41, 5.74) is 0. The van der Waals surface area contributed by atoms with E-state index < -0.39 is 8.07 Å². The molecule has 0 radical (unpaired) electrons. The molecule has 0 amide bonds. The van der Waals surface area contributed by atoms with Gasteiger partial charge in [0, 0.05) is 0 Å². The van der Waals surface area contributed by atoms with E-state index in [0.717, 1.165) is 0 Å². The van der Waals surface area contributed by atoms with Gasteiger partial charge in [-0.05, 0) is 5.04 Å². The molecular formula is C8H20Si. The van der Waals surface area contributed by atoms with Crippen LogP contribution in [-0.4, -0.2) is 8.07 Å². The van der Waals surface area contributed by atoms with Crippen molar-refractivity contribution in [1.82, 2.24) is 0 Å². The fourth-order valence-electron chi connectivity index (χ4n) is 0.530. The molecule has 0 nitrogen and oxygen atoms in total. The van der Waals surface area contributed by atoms with Crippen molar-refractivity contribution in [3.8, 4) is 0 Å². The Bertz CT molecular complexity index is 87.2. The van der Waals surface area contributed by atoms with Crippen molar-refractivity contribution in [3.63, 3.8) is 0 Å². The molecule has 0 saturated heterocycles. The SMILES string of the molecule is CC[Si](C)(C)C(C)(C)C. The number of rotatable bonds is 1. The predicted molar refractivity (Wildman–Crippen MR) is 47.7 cm³/mol. The first-order valence-corrected chi connectivity index (χ1v) is 7.02. The fourth-order valence-corrected chi connectivity index (χ4v) is 1.59. The Labute approximate surface area is 60.7 Å². The van der Waals surface area contributed by atoms with Crippen molar-refractivity contribution in [3.05, 3.63) is 0 Å². The molecule has 9 heavy (non-hydrogen) atoms. The van der Waals surface area contributed by atoms with Crippen LogP contribution in [-0.2, 0) is 0 Å². The van der Waals surface area contributed by atoms with Gasteiger partial charge in [-0.1, -0.05) is 46.8 Å². The van der Waals surface area contributed by atoms with Crippen LogP contribution >= 0.6 is 0 Å². The summed E-state index contributed by atoms with van der Waals surface area (Å²) in [6.07, 6.45) is 0. The lowest BCUT2D eigenvalue weighted by Crippen LogP contribution is -2.35. The maximum atomic E-state index is 2.47. The van der Waals surface area contributed by atoms with E-state index in [1.807, 2.05) is 0 Å². The van der Waals surface area contributed by atoms with Crippen molar-refractivity contribution in [2.24, 2.45) is 0 Å². The van der Waals surface area contributed by atoms with Crippen LogP contribution in [0.25, 0.3) is 0 Å². The monoisotopic (exact) mass is 144 g/mol.